The first-order chi connectivity index (χ1) is 8.13. The molecule has 0 aromatic carbocycles. The van der Waals surface area contributed by atoms with Crippen LogP contribution in [0.2, 0.25) is 0 Å². The number of aliphatic hydroxyl groups excluding tert-OH is 1. The Hall–Kier alpha value is -0.610. The van der Waals surface area contributed by atoms with E-state index >= 15 is 0 Å². The summed E-state index contributed by atoms with van der Waals surface area (Å²) < 4.78 is 0. The number of likely N-dealkylation sites (tertiary alicyclic amines) is 1. The molecule has 1 unspecified atom stereocenters. The monoisotopic (exact) mass is 242 g/mol. The predicted molar refractivity (Wildman–Crippen MR) is 68.8 cm³/mol. The van der Waals surface area contributed by atoms with Gasteiger partial charge in [0.2, 0.25) is 5.91 Å². The Morgan fingerprint density at radius 2 is 2.18 bits per heavy atom. The highest BCUT2D eigenvalue weighted by Gasteiger charge is 2.22. The van der Waals surface area contributed by atoms with Gasteiger partial charge in [-0.05, 0) is 25.3 Å². The van der Waals surface area contributed by atoms with E-state index in [2.05, 4.69) is 24.1 Å². The zero-order valence-corrected chi connectivity index (χ0v) is 11.1. The number of amides is 1. The molecule has 0 aromatic rings. The highest BCUT2D eigenvalue weighted by Crippen LogP contribution is 2.15. The van der Waals surface area contributed by atoms with Gasteiger partial charge in [-0.3, -0.25) is 9.69 Å². The molecular formula is C13H26N2O2. The number of aliphatic hydroxyl groups is 1. The van der Waals surface area contributed by atoms with Gasteiger partial charge in [0.15, 0.2) is 0 Å². The van der Waals surface area contributed by atoms with Crippen LogP contribution in [0.5, 0.6) is 0 Å². The highest BCUT2D eigenvalue weighted by atomic mass is 16.3. The molecule has 1 amide bonds. The summed E-state index contributed by atoms with van der Waals surface area (Å²) in [5.74, 6) is 0.566. The third-order valence-corrected chi connectivity index (χ3v) is 3.26. The minimum absolute atomic E-state index is 0.0825. The number of hydrogen-bond donors (Lipinski definition) is 2. The Balaban J connectivity index is 2.38. The fourth-order valence-electron chi connectivity index (χ4n) is 2.21. The summed E-state index contributed by atoms with van der Waals surface area (Å²) in [6.07, 6.45) is 4.51. The zero-order chi connectivity index (χ0) is 12.7. The smallest absolute Gasteiger partial charge is 0.234 e. The van der Waals surface area contributed by atoms with Crippen molar-refractivity contribution in [3.8, 4) is 0 Å². The topological polar surface area (TPSA) is 52.6 Å². The van der Waals surface area contributed by atoms with Gasteiger partial charge in [0.05, 0.1) is 13.2 Å². The molecule has 1 aliphatic rings. The van der Waals surface area contributed by atoms with E-state index in [0.717, 1.165) is 32.4 Å². The summed E-state index contributed by atoms with van der Waals surface area (Å²) >= 11 is 0. The summed E-state index contributed by atoms with van der Waals surface area (Å²) in [6.45, 7) is 6.43. The van der Waals surface area contributed by atoms with Crippen LogP contribution >= 0.6 is 0 Å². The van der Waals surface area contributed by atoms with Gasteiger partial charge in [-0.25, -0.2) is 0 Å². The number of rotatable bonds is 5. The van der Waals surface area contributed by atoms with Gasteiger partial charge < -0.3 is 10.4 Å². The lowest BCUT2D eigenvalue weighted by atomic mass is 10.1. The fraction of sp³-hybridized carbons (Fsp3) is 0.923. The van der Waals surface area contributed by atoms with E-state index in [4.69, 9.17) is 0 Å². The van der Waals surface area contributed by atoms with Crippen molar-refractivity contribution >= 4 is 5.91 Å². The third kappa shape index (κ3) is 5.50. The van der Waals surface area contributed by atoms with E-state index in [0.29, 0.717) is 12.5 Å². The lowest BCUT2D eigenvalue weighted by molar-refractivity contribution is -0.123. The number of nitrogens with zero attached hydrogens (tertiary/aromatic N) is 1. The molecule has 1 fully saturated rings. The van der Waals surface area contributed by atoms with Crippen molar-refractivity contribution < 1.29 is 9.90 Å². The maximum atomic E-state index is 11.8. The third-order valence-electron chi connectivity index (χ3n) is 3.26. The molecule has 0 radical (unpaired) electrons. The van der Waals surface area contributed by atoms with E-state index in [1.807, 2.05) is 0 Å². The Kier molecular flexibility index (Phi) is 6.52. The first-order valence-electron chi connectivity index (χ1n) is 6.75. The van der Waals surface area contributed by atoms with Crippen LogP contribution in [0.1, 0.15) is 39.5 Å². The Bertz CT molecular complexity index is 231. The van der Waals surface area contributed by atoms with E-state index in [-0.39, 0.29) is 18.6 Å². The van der Waals surface area contributed by atoms with Gasteiger partial charge >= 0.3 is 0 Å². The maximum Gasteiger partial charge on any atom is 0.234 e. The largest absolute Gasteiger partial charge is 0.395 e. The van der Waals surface area contributed by atoms with Crippen LogP contribution in [0.4, 0.5) is 0 Å². The van der Waals surface area contributed by atoms with Gasteiger partial charge in [-0.15, -0.1) is 0 Å². The normalized spacial score (nSPS) is 22.5. The Morgan fingerprint density at radius 3 is 2.82 bits per heavy atom. The molecule has 4 heteroatoms. The van der Waals surface area contributed by atoms with Crippen molar-refractivity contribution in [3.05, 3.63) is 0 Å². The molecule has 1 rings (SSSR count). The summed E-state index contributed by atoms with van der Waals surface area (Å²) in [6, 6.07) is 0.169. The summed E-state index contributed by atoms with van der Waals surface area (Å²) in [4.78, 5) is 13.9. The molecular weight excluding hydrogens is 216 g/mol. The first kappa shape index (κ1) is 14.5. The van der Waals surface area contributed by atoms with Crippen molar-refractivity contribution in [2.75, 3.05) is 26.2 Å². The molecule has 0 aliphatic carbocycles. The molecule has 100 valence electrons. The van der Waals surface area contributed by atoms with Gasteiger partial charge in [0.1, 0.15) is 0 Å². The minimum Gasteiger partial charge on any atom is -0.395 e. The molecule has 0 aromatic heterocycles. The molecule has 17 heavy (non-hydrogen) atoms. The lowest BCUT2D eigenvalue weighted by Gasteiger charge is -2.27. The Morgan fingerprint density at radius 1 is 1.41 bits per heavy atom. The van der Waals surface area contributed by atoms with Crippen LogP contribution in [0.3, 0.4) is 0 Å². The van der Waals surface area contributed by atoms with Crippen molar-refractivity contribution in [2.45, 2.75) is 45.6 Å². The van der Waals surface area contributed by atoms with Crippen LogP contribution in [-0.4, -0.2) is 48.2 Å². The fourth-order valence-corrected chi connectivity index (χ4v) is 2.21. The molecule has 0 saturated carbocycles. The molecule has 1 aliphatic heterocycles. The second-order valence-electron chi connectivity index (χ2n) is 5.35. The second kappa shape index (κ2) is 7.67. The average molecular weight is 242 g/mol. The van der Waals surface area contributed by atoms with Crippen LogP contribution in [-0.2, 0) is 4.79 Å². The van der Waals surface area contributed by atoms with Gasteiger partial charge in [0, 0.05) is 12.6 Å². The minimum atomic E-state index is 0.0825. The van der Waals surface area contributed by atoms with Crippen molar-refractivity contribution in [1.82, 2.24) is 10.2 Å². The molecule has 1 heterocycles. The number of carbonyl (C=O) groups excluding carboxylic acids is 1. The van der Waals surface area contributed by atoms with Crippen LogP contribution in [0.15, 0.2) is 0 Å². The highest BCUT2D eigenvalue weighted by molar-refractivity contribution is 5.78. The SMILES string of the molecule is CC(C)CNC(=O)CN1CCCCCC1CO. The summed E-state index contributed by atoms with van der Waals surface area (Å²) in [5.41, 5.74) is 0. The van der Waals surface area contributed by atoms with E-state index in [9.17, 15) is 9.90 Å². The van der Waals surface area contributed by atoms with Gasteiger partial charge in [-0.1, -0.05) is 26.7 Å². The van der Waals surface area contributed by atoms with Crippen molar-refractivity contribution in [3.63, 3.8) is 0 Å². The van der Waals surface area contributed by atoms with E-state index < -0.39 is 0 Å². The average Bonchev–Trinajstić information content (AvgIpc) is 2.51. The number of nitrogens with one attached hydrogen (secondary N) is 1. The molecule has 0 bridgehead atoms. The lowest BCUT2D eigenvalue weighted by Crippen LogP contribution is -2.44. The standard InChI is InChI=1S/C13H26N2O2/c1-11(2)8-14-13(17)9-15-7-5-3-4-6-12(15)10-16/h11-12,16H,3-10H2,1-2H3,(H,14,17). The molecule has 2 N–H and O–H groups in total. The quantitative estimate of drug-likeness (QED) is 0.756. The van der Waals surface area contributed by atoms with Crippen LogP contribution in [0.25, 0.3) is 0 Å². The number of carbonyl (C=O) groups is 1. The maximum absolute atomic E-state index is 11.8. The van der Waals surface area contributed by atoms with Crippen LogP contribution < -0.4 is 5.32 Å². The Labute approximate surface area is 104 Å². The van der Waals surface area contributed by atoms with Crippen molar-refractivity contribution in [1.29, 1.82) is 0 Å². The summed E-state index contributed by atoms with van der Waals surface area (Å²) in [7, 11) is 0. The second-order valence-corrected chi connectivity index (χ2v) is 5.35. The zero-order valence-electron chi connectivity index (χ0n) is 11.1. The first-order valence-corrected chi connectivity index (χ1v) is 6.75. The predicted octanol–water partition coefficient (Wildman–Crippen LogP) is 0.995. The van der Waals surface area contributed by atoms with Crippen LogP contribution in [0, 0.1) is 5.92 Å². The molecule has 1 atom stereocenters. The van der Waals surface area contributed by atoms with Gasteiger partial charge in [0.25, 0.3) is 0 Å². The van der Waals surface area contributed by atoms with E-state index in [1.54, 1.807) is 0 Å². The molecule has 0 spiro atoms. The number of hydrogen-bond acceptors (Lipinski definition) is 3. The van der Waals surface area contributed by atoms with Crippen molar-refractivity contribution in [2.24, 2.45) is 5.92 Å². The van der Waals surface area contributed by atoms with E-state index in [1.165, 1.54) is 6.42 Å². The van der Waals surface area contributed by atoms with Gasteiger partial charge in [-0.2, -0.15) is 0 Å². The molecule has 1 saturated heterocycles. The summed E-state index contributed by atoms with van der Waals surface area (Å²) in [5, 5.41) is 12.3. The molecule has 4 nitrogen and oxygen atoms in total.